The number of halogens is 2. The van der Waals surface area contributed by atoms with Gasteiger partial charge in [-0.3, -0.25) is 14.9 Å². The summed E-state index contributed by atoms with van der Waals surface area (Å²) in [6.45, 7) is 2.09. The molecule has 0 aromatic heterocycles. The van der Waals surface area contributed by atoms with Gasteiger partial charge in [0, 0.05) is 26.8 Å². The molecule has 1 N–H and O–H groups in total. The normalized spacial score (nSPS) is 30.9. The van der Waals surface area contributed by atoms with E-state index < -0.39 is 4.92 Å². The van der Waals surface area contributed by atoms with E-state index in [0.717, 1.165) is 41.0 Å². The lowest BCUT2D eigenvalue weighted by molar-refractivity contribution is -0.384. The van der Waals surface area contributed by atoms with Crippen LogP contribution in [0.2, 0.25) is 0 Å². The standard InChI is InChI=1S/C24H24Br2N2O3/c1-14-20(25)7-17(8-21(14)26)23-9-15-6-16(10-23)12-24(11-15,13-23)22(29)27-18-2-4-19(5-3-18)28(30)31/h2-5,7-8,15-16H,6,9-13H2,1H3,(H,27,29)/t15-,16+,23?,24?. The van der Waals surface area contributed by atoms with Crippen LogP contribution in [-0.4, -0.2) is 10.8 Å². The van der Waals surface area contributed by atoms with E-state index in [1.807, 2.05) is 0 Å². The first-order valence-electron chi connectivity index (χ1n) is 10.7. The number of amides is 1. The smallest absolute Gasteiger partial charge is 0.269 e. The Bertz CT molecular complexity index is 1050. The van der Waals surface area contributed by atoms with E-state index in [9.17, 15) is 14.9 Å². The van der Waals surface area contributed by atoms with Gasteiger partial charge in [0.2, 0.25) is 5.91 Å². The molecular weight excluding hydrogens is 524 g/mol. The number of hydrogen-bond acceptors (Lipinski definition) is 3. The average molecular weight is 548 g/mol. The molecule has 0 heterocycles. The van der Waals surface area contributed by atoms with E-state index in [2.05, 4.69) is 56.2 Å². The minimum absolute atomic E-state index is 0.0299. The third kappa shape index (κ3) is 3.54. The van der Waals surface area contributed by atoms with E-state index >= 15 is 0 Å². The Labute approximate surface area is 198 Å². The summed E-state index contributed by atoms with van der Waals surface area (Å²) in [4.78, 5) is 24.1. The summed E-state index contributed by atoms with van der Waals surface area (Å²) in [5, 5.41) is 14.0. The van der Waals surface area contributed by atoms with Crippen LogP contribution >= 0.6 is 31.9 Å². The van der Waals surface area contributed by atoms with Gasteiger partial charge in [-0.15, -0.1) is 0 Å². The summed E-state index contributed by atoms with van der Waals surface area (Å²) in [5.41, 5.74) is 2.85. The summed E-state index contributed by atoms with van der Waals surface area (Å²) >= 11 is 7.44. The van der Waals surface area contributed by atoms with Crippen molar-refractivity contribution in [2.45, 2.75) is 50.9 Å². The molecule has 4 bridgehead atoms. The number of non-ortho nitro benzene ring substituents is 1. The van der Waals surface area contributed by atoms with Crippen LogP contribution in [0.4, 0.5) is 11.4 Å². The molecule has 4 aliphatic rings. The van der Waals surface area contributed by atoms with Crippen LogP contribution in [0.15, 0.2) is 45.3 Å². The molecule has 4 aliphatic carbocycles. The maximum Gasteiger partial charge on any atom is 0.269 e. The van der Waals surface area contributed by atoms with E-state index in [1.54, 1.807) is 12.1 Å². The molecule has 4 fully saturated rings. The molecular formula is C24H24Br2N2O3. The van der Waals surface area contributed by atoms with Gasteiger partial charge in [-0.1, -0.05) is 31.9 Å². The Morgan fingerprint density at radius 2 is 1.65 bits per heavy atom. The lowest BCUT2D eigenvalue weighted by Crippen LogP contribution is -2.58. The fourth-order valence-corrected chi connectivity index (χ4v) is 7.93. The van der Waals surface area contributed by atoms with Crippen molar-refractivity contribution in [3.8, 4) is 0 Å². The molecule has 162 valence electrons. The molecule has 0 saturated heterocycles. The second kappa shape index (κ2) is 7.41. The zero-order chi connectivity index (χ0) is 22.0. The Hall–Kier alpha value is -1.73. The van der Waals surface area contributed by atoms with E-state index in [4.69, 9.17) is 0 Å². The van der Waals surface area contributed by atoms with Crippen molar-refractivity contribution in [3.05, 3.63) is 66.6 Å². The Kier molecular flexibility index (Phi) is 5.05. The quantitative estimate of drug-likeness (QED) is 0.334. The van der Waals surface area contributed by atoms with Crippen LogP contribution in [0.5, 0.6) is 0 Å². The fourth-order valence-electron chi connectivity index (χ4n) is 6.75. The van der Waals surface area contributed by atoms with Gasteiger partial charge in [0.15, 0.2) is 0 Å². The molecule has 2 aromatic rings. The lowest BCUT2D eigenvalue weighted by Gasteiger charge is -2.61. The van der Waals surface area contributed by atoms with Gasteiger partial charge in [-0.25, -0.2) is 0 Å². The molecule has 0 spiro atoms. The predicted octanol–water partition coefficient (Wildman–Crippen LogP) is 6.90. The summed E-state index contributed by atoms with van der Waals surface area (Å²) in [5.74, 6) is 1.22. The highest BCUT2D eigenvalue weighted by molar-refractivity contribution is 9.11. The molecule has 0 radical (unpaired) electrons. The van der Waals surface area contributed by atoms with Crippen molar-refractivity contribution in [2.75, 3.05) is 5.32 Å². The molecule has 4 atom stereocenters. The minimum atomic E-state index is -0.424. The molecule has 2 aromatic carbocycles. The maximum atomic E-state index is 13.6. The highest BCUT2D eigenvalue weighted by Gasteiger charge is 2.61. The molecule has 1 amide bonds. The van der Waals surface area contributed by atoms with E-state index in [0.29, 0.717) is 17.5 Å². The number of nitrogens with zero attached hydrogens (tertiary/aromatic N) is 1. The first-order chi connectivity index (χ1) is 14.7. The molecule has 4 saturated carbocycles. The van der Waals surface area contributed by atoms with E-state index in [1.165, 1.54) is 29.7 Å². The fraction of sp³-hybridized carbons (Fsp3) is 0.458. The number of anilines is 1. The van der Waals surface area contributed by atoms with Crippen molar-refractivity contribution in [1.29, 1.82) is 0 Å². The van der Waals surface area contributed by atoms with Gasteiger partial charge in [0.1, 0.15) is 0 Å². The molecule has 5 nitrogen and oxygen atoms in total. The number of hydrogen-bond donors (Lipinski definition) is 1. The van der Waals surface area contributed by atoms with Crippen LogP contribution in [0.1, 0.15) is 49.7 Å². The largest absolute Gasteiger partial charge is 0.326 e. The lowest BCUT2D eigenvalue weighted by atomic mass is 9.42. The maximum absolute atomic E-state index is 13.6. The third-order valence-electron chi connectivity index (χ3n) is 7.77. The van der Waals surface area contributed by atoms with Crippen molar-refractivity contribution in [3.63, 3.8) is 0 Å². The van der Waals surface area contributed by atoms with Gasteiger partial charge >= 0.3 is 0 Å². The van der Waals surface area contributed by atoms with Crippen LogP contribution in [0.25, 0.3) is 0 Å². The zero-order valence-electron chi connectivity index (χ0n) is 17.3. The van der Waals surface area contributed by atoms with Crippen LogP contribution in [-0.2, 0) is 10.2 Å². The van der Waals surface area contributed by atoms with Gasteiger partial charge < -0.3 is 5.32 Å². The third-order valence-corrected chi connectivity index (χ3v) is 9.42. The highest BCUT2D eigenvalue weighted by atomic mass is 79.9. The van der Waals surface area contributed by atoms with Crippen LogP contribution in [0, 0.1) is 34.3 Å². The summed E-state index contributed by atoms with van der Waals surface area (Å²) < 4.78 is 2.22. The second-order valence-corrected chi connectivity index (χ2v) is 11.6. The number of carbonyl (C=O) groups is 1. The number of nitro benzene ring substituents is 1. The minimum Gasteiger partial charge on any atom is -0.326 e. The van der Waals surface area contributed by atoms with Gasteiger partial charge in [0.05, 0.1) is 10.3 Å². The zero-order valence-corrected chi connectivity index (χ0v) is 20.5. The summed E-state index contributed by atoms with van der Waals surface area (Å²) in [7, 11) is 0. The summed E-state index contributed by atoms with van der Waals surface area (Å²) in [6.07, 6.45) is 6.28. The van der Waals surface area contributed by atoms with Crippen molar-refractivity contribution in [1.82, 2.24) is 0 Å². The van der Waals surface area contributed by atoms with Gasteiger partial charge in [-0.05, 0) is 98.1 Å². The van der Waals surface area contributed by atoms with Crippen molar-refractivity contribution < 1.29 is 9.72 Å². The second-order valence-electron chi connectivity index (χ2n) is 9.84. The molecule has 31 heavy (non-hydrogen) atoms. The van der Waals surface area contributed by atoms with Crippen LogP contribution in [0.3, 0.4) is 0 Å². The average Bonchev–Trinajstić information content (AvgIpc) is 2.71. The topological polar surface area (TPSA) is 72.2 Å². The van der Waals surface area contributed by atoms with E-state index in [-0.39, 0.29) is 22.4 Å². The molecule has 0 aliphatic heterocycles. The number of nitrogens with one attached hydrogen (secondary N) is 1. The Morgan fingerprint density at radius 1 is 1.06 bits per heavy atom. The SMILES string of the molecule is Cc1c(Br)cc(C23C[C@@H]4C[C@@H](CC(C(=O)Nc5ccc([N+](=O)[O-])cc5)(C4)C2)C3)cc1Br. The number of nitro groups is 1. The summed E-state index contributed by atoms with van der Waals surface area (Å²) in [6, 6.07) is 10.7. The van der Waals surface area contributed by atoms with Crippen LogP contribution < -0.4 is 5.32 Å². The number of carbonyl (C=O) groups excluding carboxylic acids is 1. The Balaban J connectivity index is 1.46. The first-order valence-corrected chi connectivity index (χ1v) is 12.3. The monoisotopic (exact) mass is 546 g/mol. The van der Waals surface area contributed by atoms with Crippen molar-refractivity contribution in [2.24, 2.45) is 17.3 Å². The van der Waals surface area contributed by atoms with Gasteiger partial charge in [-0.2, -0.15) is 0 Å². The van der Waals surface area contributed by atoms with Crippen molar-refractivity contribution >= 4 is 49.1 Å². The Morgan fingerprint density at radius 3 is 2.19 bits per heavy atom. The molecule has 6 rings (SSSR count). The molecule has 7 heteroatoms. The highest BCUT2D eigenvalue weighted by Crippen LogP contribution is 2.66. The number of rotatable bonds is 4. The van der Waals surface area contributed by atoms with Gasteiger partial charge in [0.25, 0.3) is 5.69 Å². The predicted molar refractivity (Wildman–Crippen MR) is 127 cm³/mol. The molecule has 2 unspecified atom stereocenters. The number of benzene rings is 2. The first kappa shape index (κ1) is 21.1.